The van der Waals surface area contributed by atoms with E-state index in [9.17, 15) is 43.2 Å². The van der Waals surface area contributed by atoms with E-state index in [2.05, 4.69) is 74.2 Å². The van der Waals surface area contributed by atoms with Crippen molar-refractivity contribution in [3.63, 3.8) is 0 Å². The lowest BCUT2D eigenvalue weighted by atomic mass is 10.0. The van der Waals surface area contributed by atoms with Crippen molar-refractivity contribution in [3.8, 4) is 11.1 Å². The number of carbonyl (C=O) groups is 9. The summed E-state index contributed by atoms with van der Waals surface area (Å²) >= 11 is 3.41. The van der Waals surface area contributed by atoms with E-state index in [1.54, 1.807) is 29.4 Å². The molecule has 0 bridgehead atoms. The number of nitrogens with zero attached hydrogens (tertiary/aromatic N) is 7. The number of anilines is 1. The molecule has 27 nitrogen and oxygen atoms in total. The Morgan fingerprint density at radius 3 is 1.84 bits per heavy atom. The van der Waals surface area contributed by atoms with Crippen LogP contribution in [0.4, 0.5) is 5.82 Å². The first-order chi connectivity index (χ1) is 46.3. The number of hydrogen-bond acceptors (Lipinski definition) is 20. The molecule has 1 saturated heterocycles. The summed E-state index contributed by atoms with van der Waals surface area (Å²) in [5, 5.41) is 19.0. The summed E-state index contributed by atoms with van der Waals surface area (Å²) in [4.78, 5) is 131. The van der Waals surface area contributed by atoms with E-state index in [1.807, 2.05) is 37.2 Å². The Kier molecular flexibility index (Phi) is 33.7. The van der Waals surface area contributed by atoms with Crippen LogP contribution in [0.15, 0.2) is 47.3 Å². The van der Waals surface area contributed by atoms with Gasteiger partial charge in [0, 0.05) is 80.8 Å². The van der Waals surface area contributed by atoms with E-state index in [0.29, 0.717) is 64.1 Å². The number of amides is 6. The van der Waals surface area contributed by atoms with Gasteiger partial charge in [-0.15, -0.1) is 0 Å². The minimum absolute atomic E-state index is 0.00420. The van der Waals surface area contributed by atoms with E-state index in [1.165, 1.54) is 77.2 Å². The lowest BCUT2D eigenvalue weighted by molar-refractivity contribution is -0.145. The average Bonchev–Trinajstić information content (AvgIpc) is 1.55. The zero-order valence-electron chi connectivity index (χ0n) is 56.7. The number of likely N-dealkylation sites (tertiary alicyclic amines) is 1. The van der Waals surface area contributed by atoms with E-state index < -0.39 is 18.1 Å². The van der Waals surface area contributed by atoms with Gasteiger partial charge >= 0.3 is 11.9 Å². The fourth-order valence-corrected chi connectivity index (χ4v) is 11.8. The SMILES string of the molecule is COC(=O)CCCCCCCCCCCCCCCCC(=O)N[C@@H](CCC(=O)NCCOCCOCC(=O)NCCOCCOCC(=O)NCc1ncc(-c2ccc3c(c2)c(C(C)=O)nn3CC(=O)N2C3C[C@]3(C)C[C@H]2C(=O)Nc2nc(Br)ccc2CN(C)C)cn1)C(=O)OC. The Morgan fingerprint density at radius 1 is 0.667 bits per heavy atom. The number of benzene rings is 1. The van der Waals surface area contributed by atoms with Crippen LogP contribution in [0.5, 0.6) is 0 Å². The molecule has 4 atom stereocenters. The largest absolute Gasteiger partial charge is 0.469 e. The smallest absolute Gasteiger partial charge is 0.328 e. The molecule has 0 radical (unpaired) electrons. The van der Waals surface area contributed by atoms with Crippen molar-refractivity contribution in [2.24, 2.45) is 5.41 Å². The van der Waals surface area contributed by atoms with Crippen LogP contribution in [0.3, 0.4) is 0 Å². The van der Waals surface area contributed by atoms with Crippen LogP contribution in [0.2, 0.25) is 0 Å². The highest BCUT2D eigenvalue weighted by atomic mass is 79.9. The van der Waals surface area contributed by atoms with Gasteiger partial charge in [-0.05, 0) is 91.3 Å². The van der Waals surface area contributed by atoms with Crippen LogP contribution < -0.4 is 26.6 Å². The molecule has 6 rings (SSSR count). The summed E-state index contributed by atoms with van der Waals surface area (Å²) in [6.45, 7) is 5.05. The topological polar surface area (TPSA) is 332 Å². The van der Waals surface area contributed by atoms with Crippen molar-refractivity contribution in [1.29, 1.82) is 0 Å². The summed E-state index contributed by atoms with van der Waals surface area (Å²) in [5.74, 6) is -2.09. The third-order valence-corrected chi connectivity index (χ3v) is 17.3. The number of ketones is 1. The highest BCUT2D eigenvalue weighted by Gasteiger charge is 2.64. The maximum Gasteiger partial charge on any atom is 0.328 e. The molecule has 3 aromatic heterocycles. The van der Waals surface area contributed by atoms with Crippen molar-refractivity contribution in [2.45, 2.75) is 180 Å². The highest BCUT2D eigenvalue weighted by molar-refractivity contribution is 9.10. The molecule has 2 fully saturated rings. The van der Waals surface area contributed by atoms with Crippen LogP contribution in [0.25, 0.3) is 22.0 Å². The number of unbranched alkanes of at least 4 members (excludes halogenated alkanes) is 13. The van der Waals surface area contributed by atoms with Gasteiger partial charge in [0.25, 0.3) is 0 Å². The third kappa shape index (κ3) is 26.9. The fraction of sp³-hybridized carbons (Fsp3) is 0.632. The number of Topliss-reactive ketones (excluding diaryl/α,β-unsaturated/α-hetero) is 1. The number of ether oxygens (including phenoxy) is 6. The number of nitrogens with one attached hydrogen (secondary N) is 5. The summed E-state index contributed by atoms with van der Waals surface area (Å²) in [7, 11) is 6.53. The normalized spacial score (nSPS) is 15.8. The van der Waals surface area contributed by atoms with Crippen molar-refractivity contribution >= 4 is 85.8 Å². The van der Waals surface area contributed by atoms with Gasteiger partial charge in [0.05, 0.1) is 65.9 Å². The third-order valence-electron chi connectivity index (χ3n) is 16.8. The molecule has 96 heavy (non-hydrogen) atoms. The quantitative estimate of drug-likeness (QED) is 0.0133. The zero-order chi connectivity index (χ0) is 69.2. The predicted octanol–water partition coefficient (Wildman–Crippen LogP) is 6.70. The van der Waals surface area contributed by atoms with Crippen LogP contribution in [-0.2, 0) is 86.4 Å². The van der Waals surface area contributed by atoms with Crippen molar-refractivity contribution in [3.05, 3.63) is 64.4 Å². The van der Waals surface area contributed by atoms with Gasteiger partial charge in [-0.2, -0.15) is 5.10 Å². The Balaban J connectivity index is 0.749. The maximum absolute atomic E-state index is 14.2. The first-order valence-corrected chi connectivity index (χ1v) is 34.4. The molecular weight excluding hydrogens is 1300 g/mol. The number of piperidine rings is 1. The Labute approximate surface area is 571 Å². The minimum atomic E-state index is -0.923. The van der Waals surface area contributed by atoms with Crippen molar-refractivity contribution in [2.75, 3.05) is 99.6 Å². The van der Waals surface area contributed by atoms with Gasteiger partial charge in [0.2, 0.25) is 35.4 Å². The van der Waals surface area contributed by atoms with E-state index in [-0.39, 0.29) is 156 Å². The molecule has 0 spiro atoms. The number of hydrogen-bond donors (Lipinski definition) is 5. The average molecular weight is 1400 g/mol. The molecule has 4 aromatic rings. The number of halogens is 1. The van der Waals surface area contributed by atoms with Crippen molar-refractivity contribution in [1.82, 2.24) is 55.8 Å². The summed E-state index contributed by atoms with van der Waals surface area (Å²) in [5.41, 5.74) is 2.79. The lowest BCUT2D eigenvalue weighted by Gasteiger charge is -2.27. The maximum atomic E-state index is 14.2. The van der Waals surface area contributed by atoms with E-state index in [4.69, 9.17) is 23.7 Å². The van der Waals surface area contributed by atoms with Crippen molar-refractivity contribution < 1.29 is 71.6 Å². The van der Waals surface area contributed by atoms with Gasteiger partial charge in [0.15, 0.2) is 5.78 Å². The minimum Gasteiger partial charge on any atom is -0.469 e. The van der Waals surface area contributed by atoms with Gasteiger partial charge in [0.1, 0.15) is 53.8 Å². The number of esters is 2. The van der Waals surface area contributed by atoms with Crippen LogP contribution in [0.1, 0.15) is 164 Å². The van der Waals surface area contributed by atoms with E-state index >= 15 is 0 Å². The standard InChI is InChI=1S/C68H99BrN12O15/c1-47(82)64-51-37-48(23-26-53(51)80(78-64)44-62(87)81-54(38-68(2)39-55(68)81)66(89)77-65-49(43-79(3)4)24-27-56(69)76-65)50-40-72-57(73-41-50)42-74-61(86)46-96-36-34-94-32-30-71-60(85)45-95-35-33-93-31-29-70-58(83)28-25-52(67(90)92-6)75-59(84)21-19-17-15-13-11-9-7-8-10-12-14-16-18-20-22-63(88)91-5/h23-24,26-27,37,40-41,52,54-55H,7-22,25,28-36,38-39,42-46H2,1-6H3,(H,70,83)(H,71,85)(H,74,86)(H,75,84)(H,76,77,89)/t52-,54-,55?,68-/m0/s1. The number of fused-ring (bicyclic) bond motifs is 2. The van der Waals surface area contributed by atoms with Gasteiger partial charge in [-0.3, -0.25) is 43.0 Å². The predicted molar refractivity (Wildman–Crippen MR) is 361 cm³/mol. The molecule has 28 heteroatoms. The van der Waals surface area contributed by atoms with Crippen LogP contribution in [-0.4, -0.2) is 200 Å². The lowest BCUT2D eigenvalue weighted by Crippen LogP contribution is -2.47. The highest BCUT2D eigenvalue weighted by Crippen LogP contribution is 2.59. The summed E-state index contributed by atoms with van der Waals surface area (Å²) in [6.07, 6.45) is 21.0. The van der Waals surface area contributed by atoms with Crippen LogP contribution in [0, 0.1) is 5.41 Å². The van der Waals surface area contributed by atoms with Crippen LogP contribution >= 0.6 is 15.9 Å². The Morgan fingerprint density at radius 2 is 1.25 bits per heavy atom. The number of aromatic nitrogens is 5. The van der Waals surface area contributed by atoms with E-state index in [0.717, 1.165) is 50.5 Å². The number of methoxy groups -OCH3 is 2. The molecule has 1 saturated carbocycles. The Hall–Kier alpha value is -7.37. The molecule has 2 aliphatic rings. The summed E-state index contributed by atoms with van der Waals surface area (Å²) in [6, 6.07) is 7.43. The molecule has 1 aliphatic heterocycles. The molecule has 6 amide bonds. The first-order valence-electron chi connectivity index (χ1n) is 33.6. The molecule has 1 aliphatic carbocycles. The molecule has 4 heterocycles. The Bertz CT molecular complexity index is 3190. The monoisotopic (exact) mass is 1400 g/mol. The second-order valence-electron chi connectivity index (χ2n) is 25.0. The number of carbonyl (C=O) groups excluding carboxylic acids is 9. The molecule has 528 valence electrons. The van der Waals surface area contributed by atoms with Gasteiger partial charge < -0.3 is 64.8 Å². The molecule has 1 aromatic carbocycles. The molecule has 5 N–H and O–H groups in total. The molecular formula is C68H99BrN12O15. The van der Waals surface area contributed by atoms with Gasteiger partial charge in [-0.1, -0.05) is 96.1 Å². The zero-order valence-corrected chi connectivity index (χ0v) is 58.3. The second-order valence-corrected chi connectivity index (χ2v) is 25.8. The fourth-order valence-electron chi connectivity index (χ4n) is 11.5. The molecule has 1 unspecified atom stereocenters. The number of pyridine rings is 1. The van der Waals surface area contributed by atoms with Gasteiger partial charge in [-0.25, -0.2) is 19.7 Å². The first kappa shape index (κ1) is 77.6. The number of rotatable bonds is 48. The summed E-state index contributed by atoms with van der Waals surface area (Å²) < 4.78 is 33.4. The second kappa shape index (κ2) is 41.7.